The maximum absolute atomic E-state index is 5.44. The molecule has 0 aliphatic heterocycles. The zero-order valence-electron chi connectivity index (χ0n) is 13.5. The molecule has 25 heavy (non-hydrogen) atoms. The van der Waals surface area contributed by atoms with Crippen LogP contribution >= 0.6 is 27.3 Å². The number of hydrogen-bond donors (Lipinski definition) is 1. The van der Waals surface area contributed by atoms with Crippen molar-refractivity contribution < 1.29 is 4.52 Å². The SMILES string of the molecule is CCc1cc2c(NCc3cc(-c4ccc(Br)cc4)no3)ncnc2s1. The van der Waals surface area contributed by atoms with E-state index in [9.17, 15) is 0 Å². The smallest absolute Gasteiger partial charge is 0.156 e. The molecule has 0 saturated heterocycles. The second-order valence-corrected chi connectivity index (χ2v) is 7.58. The van der Waals surface area contributed by atoms with Crippen LogP contribution < -0.4 is 5.32 Å². The van der Waals surface area contributed by atoms with Gasteiger partial charge in [0.2, 0.25) is 0 Å². The minimum Gasteiger partial charge on any atom is -0.362 e. The topological polar surface area (TPSA) is 63.8 Å². The van der Waals surface area contributed by atoms with Crippen LogP contribution in [0.5, 0.6) is 0 Å². The Labute approximate surface area is 157 Å². The van der Waals surface area contributed by atoms with Gasteiger partial charge in [0.05, 0.1) is 11.9 Å². The van der Waals surface area contributed by atoms with Crippen molar-refractivity contribution in [2.24, 2.45) is 0 Å². The summed E-state index contributed by atoms with van der Waals surface area (Å²) in [6.45, 7) is 2.66. The van der Waals surface area contributed by atoms with Gasteiger partial charge in [0.15, 0.2) is 5.76 Å². The van der Waals surface area contributed by atoms with E-state index in [1.807, 2.05) is 30.3 Å². The first-order valence-corrected chi connectivity index (χ1v) is 9.52. The van der Waals surface area contributed by atoms with Crippen LogP contribution in [0.4, 0.5) is 5.82 Å². The van der Waals surface area contributed by atoms with Crippen molar-refractivity contribution in [2.75, 3.05) is 5.32 Å². The standard InChI is InChI=1S/C18H15BrN4OS/c1-2-14-8-15-17(21-10-22-18(15)25-14)20-9-13-7-16(23-24-13)11-3-5-12(19)6-4-11/h3-8,10H,2,9H2,1H3,(H,20,21,22). The Kier molecular flexibility index (Phi) is 4.50. The minimum absolute atomic E-state index is 0.521. The largest absolute Gasteiger partial charge is 0.362 e. The molecule has 0 saturated carbocycles. The number of anilines is 1. The van der Waals surface area contributed by atoms with Gasteiger partial charge in [-0.05, 0) is 24.6 Å². The van der Waals surface area contributed by atoms with E-state index in [-0.39, 0.29) is 0 Å². The first-order chi connectivity index (χ1) is 12.2. The van der Waals surface area contributed by atoms with Crippen LogP contribution in [0.3, 0.4) is 0 Å². The first-order valence-electron chi connectivity index (χ1n) is 7.91. The Bertz CT molecular complexity index is 1010. The average Bonchev–Trinajstić information content (AvgIpc) is 3.27. The zero-order chi connectivity index (χ0) is 17.2. The summed E-state index contributed by atoms with van der Waals surface area (Å²) in [4.78, 5) is 11.0. The molecule has 4 rings (SSSR count). The lowest BCUT2D eigenvalue weighted by Gasteiger charge is -2.03. The quantitative estimate of drug-likeness (QED) is 0.480. The molecule has 3 aromatic heterocycles. The van der Waals surface area contributed by atoms with E-state index >= 15 is 0 Å². The molecule has 0 radical (unpaired) electrons. The molecule has 126 valence electrons. The third-order valence-electron chi connectivity index (χ3n) is 3.86. The number of benzene rings is 1. The van der Waals surface area contributed by atoms with Crippen LogP contribution in [-0.4, -0.2) is 15.1 Å². The van der Waals surface area contributed by atoms with Gasteiger partial charge < -0.3 is 9.84 Å². The summed E-state index contributed by atoms with van der Waals surface area (Å²) >= 11 is 5.14. The van der Waals surface area contributed by atoms with Gasteiger partial charge >= 0.3 is 0 Å². The van der Waals surface area contributed by atoms with Crippen molar-refractivity contribution >= 4 is 43.3 Å². The summed E-state index contributed by atoms with van der Waals surface area (Å²) in [6.07, 6.45) is 2.59. The van der Waals surface area contributed by atoms with Crippen molar-refractivity contribution in [3.63, 3.8) is 0 Å². The zero-order valence-corrected chi connectivity index (χ0v) is 15.9. The highest BCUT2D eigenvalue weighted by Crippen LogP contribution is 2.29. The van der Waals surface area contributed by atoms with Gasteiger partial charge in [-0.25, -0.2) is 9.97 Å². The van der Waals surface area contributed by atoms with E-state index in [4.69, 9.17) is 4.52 Å². The molecule has 0 spiro atoms. The van der Waals surface area contributed by atoms with E-state index in [1.165, 1.54) is 4.88 Å². The summed E-state index contributed by atoms with van der Waals surface area (Å²) in [5, 5.41) is 8.53. The van der Waals surface area contributed by atoms with E-state index in [1.54, 1.807) is 17.7 Å². The maximum Gasteiger partial charge on any atom is 0.156 e. The summed E-state index contributed by atoms with van der Waals surface area (Å²) in [6, 6.07) is 12.1. The lowest BCUT2D eigenvalue weighted by Crippen LogP contribution is -2.00. The Balaban J connectivity index is 1.52. The second-order valence-electron chi connectivity index (χ2n) is 5.55. The summed E-state index contributed by atoms with van der Waals surface area (Å²) in [7, 11) is 0. The Morgan fingerprint density at radius 1 is 1.16 bits per heavy atom. The third-order valence-corrected chi connectivity index (χ3v) is 5.57. The highest BCUT2D eigenvalue weighted by atomic mass is 79.9. The van der Waals surface area contributed by atoms with E-state index < -0.39 is 0 Å². The highest BCUT2D eigenvalue weighted by molar-refractivity contribution is 9.10. The van der Waals surface area contributed by atoms with Crippen molar-refractivity contribution in [1.29, 1.82) is 0 Å². The van der Waals surface area contributed by atoms with Gasteiger partial charge in [0, 0.05) is 21.0 Å². The van der Waals surface area contributed by atoms with Gasteiger partial charge in [-0.1, -0.05) is 40.1 Å². The summed E-state index contributed by atoms with van der Waals surface area (Å²) in [5.41, 5.74) is 1.84. The molecule has 0 atom stereocenters. The lowest BCUT2D eigenvalue weighted by atomic mass is 10.1. The summed E-state index contributed by atoms with van der Waals surface area (Å²) < 4.78 is 6.48. The fourth-order valence-electron chi connectivity index (χ4n) is 2.54. The number of rotatable bonds is 5. The van der Waals surface area contributed by atoms with Gasteiger partial charge in [-0.2, -0.15) is 0 Å². The predicted molar refractivity (Wildman–Crippen MR) is 104 cm³/mol. The molecule has 4 aromatic rings. The fourth-order valence-corrected chi connectivity index (χ4v) is 3.74. The maximum atomic E-state index is 5.44. The molecule has 7 heteroatoms. The molecule has 0 aliphatic carbocycles. The highest BCUT2D eigenvalue weighted by Gasteiger charge is 2.10. The van der Waals surface area contributed by atoms with Crippen molar-refractivity contribution in [1.82, 2.24) is 15.1 Å². The number of aromatic nitrogens is 3. The normalized spacial score (nSPS) is 11.1. The summed E-state index contributed by atoms with van der Waals surface area (Å²) in [5.74, 6) is 1.58. The van der Waals surface area contributed by atoms with Crippen LogP contribution in [0.25, 0.3) is 21.5 Å². The molecule has 0 fully saturated rings. The molecule has 1 aromatic carbocycles. The number of hydrogen-bond acceptors (Lipinski definition) is 6. The Morgan fingerprint density at radius 2 is 2.00 bits per heavy atom. The van der Waals surface area contributed by atoms with Crippen LogP contribution in [0.2, 0.25) is 0 Å². The molecular weight excluding hydrogens is 400 g/mol. The average molecular weight is 415 g/mol. The van der Waals surface area contributed by atoms with E-state index in [0.717, 1.165) is 43.9 Å². The number of nitrogens with one attached hydrogen (secondary N) is 1. The number of aryl methyl sites for hydroxylation is 1. The molecular formula is C18H15BrN4OS. The molecule has 0 unspecified atom stereocenters. The number of thiophene rings is 1. The van der Waals surface area contributed by atoms with Crippen LogP contribution in [0.1, 0.15) is 17.6 Å². The van der Waals surface area contributed by atoms with Gasteiger partial charge in [-0.15, -0.1) is 11.3 Å². The molecule has 3 heterocycles. The molecule has 5 nitrogen and oxygen atoms in total. The number of halogens is 1. The monoisotopic (exact) mass is 414 g/mol. The predicted octanol–water partition coefficient (Wildman–Crippen LogP) is 5.28. The molecule has 0 bridgehead atoms. The second kappa shape index (κ2) is 6.93. The first kappa shape index (κ1) is 16.2. The van der Waals surface area contributed by atoms with E-state index in [0.29, 0.717) is 6.54 Å². The number of nitrogens with zero attached hydrogens (tertiary/aromatic N) is 3. The van der Waals surface area contributed by atoms with Crippen LogP contribution in [-0.2, 0) is 13.0 Å². The number of fused-ring (bicyclic) bond motifs is 1. The van der Waals surface area contributed by atoms with Crippen molar-refractivity contribution in [3.05, 3.63) is 57.8 Å². The van der Waals surface area contributed by atoms with Gasteiger partial charge in [0.25, 0.3) is 0 Å². The molecule has 1 N–H and O–H groups in total. The Morgan fingerprint density at radius 3 is 2.80 bits per heavy atom. The molecule has 0 aliphatic rings. The third kappa shape index (κ3) is 3.43. The Hall–Kier alpha value is -2.25. The van der Waals surface area contributed by atoms with Crippen molar-refractivity contribution in [3.8, 4) is 11.3 Å². The minimum atomic E-state index is 0.521. The van der Waals surface area contributed by atoms with E-state index in [2.05, 4.69) is 49.4 Å². The fraction of sp³-hybridized carbons (Fsp3) is 0.167. The van der Waals surface area contributed by atoms with Crippen molar-refractivity contribution in [2.45, 2.75) is 19.9 Å². The van der Waals surface area contributed by atoms with Crippen LogP contribution in [0, 0.1) is 0 Å². The van der Waals surface area contributed by atoms with Gasteiger partial charge in [0.1, 0.15) is 22.7 Å². The van der Waals surface area contributed by atoms with Crippen LogP contribution in [0.15, 0.2) is 51.7 Å². The van der Waals surface area contributed by atoms with Gasteiger partial charge in [-0.3, -0.25) is 0 Å². The lowest BCUT2D eigenvalue weighted by molar-refractivity contribution is 0.390. The molecule has 0 amide bonds.